The summed E-state index contributed by atoms with van der Waals surface area (Å²) in [6.45, 7) is 0.597. The van der Waals surface area contributed by atoms with Crippen LogP contribution in [0.5, 0.6) is 0 Å². The lowest BCUT2D eigenvalue weighted by atomic mass is 10.5. The van der Waals surface area contributed by atoms with Gasteiger partial charge in [0.05, 0.1) is 0 Å². The van der Waals surface area contributed by atoms with Crippen LogP contribution in [0.4, 0.5) is 0 Å². The van der Waals surface area contributed by atoms with Crippen molar-refractivity contribution in [2.24, 2.45) is 0 Å². The van der Waals surface area contributed by atoms with Gasteiger partial charge >= 0.3 is 0 Å². The molecule has 0 fully saturated rings. The Hall–Kier alpha value is -0.520. The lowest BCUT2D eigenvalue weighted by Gasteiger charge is -2.06. The first-order valence-corrected chi connectivity index (χ1v) is 4.76. The van der Waals surface area contributed by atoms with Crippen molar-refractivity contribution in [3.63, 3.8) is 0 Å². The van der Waals surface area contributed by atoms with Crippen molar-refractivity contribution in [2.75, 3.05) is 26.8 Å². The molecule has 14 heavy (non-hydrogen) atoms. The van der Waals surface area contributed by atoms with Gasteiger partial charge in [-0.05, 0) is 0 Å². The summed E-state index contributed by atoms with van der Waals surface area (Å²) in [5.41, 5.74) is 0. The zero-order valence-electron chi connectivity index (χ0n) is 7.68. The average molecular weight is 243 g/mol. The number of hydrogen-bond donors (Lipinski definition) is 2. The highest BCUT2D eigenvalue weighted by Gasteiger charge is 2.09. The van der Waals surface area contributed by atoms with Gasteiger partial charge < -0.3 is 15.4 Å². The van der Waals surface area contributed by atoms with Crippen LogP contribution < -0.4 is 10.6 Å². The van der Waals surface area contributed by atoms with E-state index in [4.69, 9.17) is 23.2 Å². The van der Waals surface area contributed by atoms with Gasteiger partial charge in [-0.15, -0.1) is 0 Å². The van der Waals surface area contributed by atoms with Crippen molar-refractivity contribution in [3.05, 3.63) is 0 Å². The number of carbonyl (C=O) groups excluding carboxylic acids is 2. The first-order valence-electron chi connectivity index (χ1n) is 3.89. The van der Waals surface area contributed by atoms with Crippen LogP contribution >= 0.6 is 23.2 Å². The number of nitrogens with one attached hydrogen (secondary N) is 2. The smallest absolute Gasteiger partial charge is 0.253 e. The Morgan fingerprint density at radius 1 is 1.29 bits per heavy atom. The second kappa shape index (κ2) is 7.84. The molecule has 0 aliphatic heterocycles. The van der Waals surface area contributed by atoms with Crippen molar-refractivity contribution in [1.29, 1.82) is 0 Å². The molecule has 0 saturated heterocycles. The molecule has 0 bridgehead atoms. The highest BCUT2D eigenvalue weighted by atomic mass is 35.5. The van der Waals surface area contributed by atoms with E-state index in [-0.39, 0.29) is 19.1 Å². The van der Waals surface area contributed by atoms with E-state index in [1.54, 1.807) is 0 Å². The summed E-state index contributed by atoms with van der Waals surface area (Å²) in [6, 6.07) is 0. The predicted octanol–water partition coefficient (Wildman–Crippen LogP) is -0.331. The molecule has 0 aromatic carbocycles. The third-order valence-electron chi connectivity index (χ3n) is 1.22. The van der Waals surface area contributed by atoms with Crippen LogP contribution in [0.15, 0.2) is 0 Å². The highest BCUT2D eigenvalue weighted by Crippen LogP contribution is 1.99. The maximum Gasteiger partial charge on any atom is 0.253 e. The van der Waals surface area contributed by atoms with E-state index in [0.29, 0.717) is 6.54 Å². The number of amides is 2. The second-order valence-electron chi connectivity index (χ2n) is 2.37. The van der Waals surface area contributed by atoms with Gasteiger partial charge in [-0.1, -0.05) is 23.2 Å². The van der Waals surface area contributed by atoms with E-state index in [9.17, 15) is 9.59 Å². The first kappa shape index (κ1) is 13.5. The van der Waals surface area contributed by atoms with Crippen molar-refractivity contribution in [2.45, 2.75) is 4.84 Å². The van der Waals surface area contributed by atoms with Crippen molar-refractivity contribution in [1.82, 2.24) is 10.6 Å². The number of rotatable bonds is 6. The minimum atomic E-state index is -1.08. The maximum absolute atomic E-state index is 10.8. The van der Waals surface area contributed by atoms with Gasteiger partial charge in [0.1, 0.15) is 6.61 Å². The number of methoxy groups -OCH3 is 1. The lowest BCUT2D eigenvalue weighted by Crippen LogP contribution is -2.37. The monoisotopic (exact) mass is 242 g/mol. The van der Waals surface area contributed by atoms with Gasteiger partial charge in [0, 0.05) is 20.2 Å². The molecule has 0 radical (unpaired) electrons. The summed E-state index contributed by atoms with van der Waals surface area (Å²) in [7, 11) is 1.42. The quantitative estimate of drug-likeness (QED) is 0.495. The molecule has 0 aliphatic carbocycles. The topological polar surface area (TPSA) is 67.4 Å². The second-order valence-corrected chi connectivity index (χ2v) is 3.47. The van der Waals surface area contributed by atoms with Crippen LogP contribution in [0, 0.1) is 0 Å². The normalized spacial score (nSPS) is 10.0. The number of carbonyl (C=O) groups is 2. The molecule has 2 N–H and O–H groups in total. The zero-order valence-corrected chi connectivity index (χ0v) is 9.19. The minimum Gasteiger partial charge on any atom is -0.375 e. The first-order chi connectivity index (χ1) is 6.57. The molecule has 0 unspecified atom stereocenters. The summed E-state index contributed by atoms with van der Waals surface area (Å²) in [5.74, 6) is -0.718. The number of hydrogen-bond acceptors (Lipinski definition) is 3. The van der Waals surface area contributed by atoms with Crippen LogP contribution in [0.1, 0.15) is 0 Å². The largest absolute Gasteiger partial charge is 0.375 e. The van der Waals surface area contributed by atoms with E-state index in [0.717, 1.165) is 0 Å². The summed E-state index contributed by atoms with van der Waals surface area (Å²) in [4.78, 5) is 20.5. The molecule has 7 heteroatoms. The molecule has 0 aromatic heterocycles. The van der Waals surface area contributed by atoms with Crippen LogP contribution in [-0.2, 0) is 14.3 Å². The minimum absolute atomic E-state index is 0.00157. The van der Waals surface area contributed by atoms with Crippen molar-refractivity contribution in [3.8, 4) is 0 Å². The third kappa shape index (κ3) is 6.94. The van der Waals surface area contributed by atoms with Crippen LogP contribution in [0.3, 0.4) is 0 Å². The van der Waals surface area contributed by atoms with Crippen LogP contribution in [0.25, 0.3) is 0 Å². The maximum atomic E-state index is 10.8. The highest BCUT2D eigenvalue weighted by molar-refractivity contribution is 6.53. The number of ether oxygens (including phenoxy) is 1. The summed E-state index contributed by atoms with van der Waals surface area (Å²) in [5, 5.41) is 4.93. The molecule has 0 saturated carbocycles. The Balaban J connectivity index is 3.38. The third-order valence-corrected chi connectivity index (χ3v) is 1.62. The molecule has 0 heterocycles. The van der Waals surface area contributed by atoms with E-state index in [2.05, 4.69) is 15.4 Å². The molecule has 0 aromatic rings. The van der Waals surface area contributed by atoms with E-state index in [1.165, 1.54) is 7.11 Å². The Morgan fingerprint density at radius 2 is 1.86 bits per heavy atom. The average Bonchev–Trinajstić information content (AvgIpc) is 2.12. The Bertz CT molecular complexity index is 199. The summed E-state index contributed by atoms with van der Waals surface area (Å²) in [6.07, 6.45) is 0. The SMILES string of the molecule is COCC(=O)NCCNC(=O)C(Cl)Cl. The van der Waals surface area contributed by atoms with Crippen molar-refractivity contribution < 1.29 is 14.3 Å². The fraction of sp³-hybridized carbons (Fsp3) is 0.714. The standard InChI is InChI=1S/C7H12Cl2N2O3/c1-14-4-5(12)10-2-3-11-7(13)6(8)9/h6H,2-4H2,1H3,(H,10,12)(H,11,13). The van der Waals surface area contributed by atoms with E-state index < -0.39 is 10.7 Å². The Kier molecular flexibility index (Phi) is 7.55. The number of halogens is 2. The van der Waals surface area contributed by atoms with Gasteiger partial charge in [0.25, 0.3) is 5.91 Å². The molecule has 0 atom stereocenters. The van der Waals surface area contributed by atoms with Gasteiger partial charge in [0.15, 0.2) is 4.84 Å². The van der Waals surface area contributed by atoms with Crippen molar-refractivity contribution >= 4 is 35.0 Å². The Morgan fingerprint density at radius 3 is 2.36 bits per heavy atom. The van der Waals surface area contributed by atoms with Gasteiger partial charge in [-0.25, -0.2) is 0 Å². The molecule has 82 valence electrons. The fourth-order valence-corrected chi connectivity index (χ4v) is 0.801. The molecule has 2 amide bonds. The number of alkyl halides is 2. The fourth-order valence-electron chi connectivity index (χ4n) is 0.647. The molecule has 0 aliphatic rings. The van der Waals surface area contributed by atoms with E-state index >= 15 is 0 Å². The van der Waals surface area contributed by atoms with Crippen LogP contribution in [-0.4, -0.2) is 43.5 Å². The molecule has 0 spiro atoms. The molecule has 5 nitrogen and oxygen atoms in total. The summed E-state index contributed by atoms with van der Waals surface area (Å²) < 4.78 is 4.58. The van der Waals surface area contributed by atoms with Gasteiger partial charge in [0.2, 0.25) is 5.91 Å². The molecular formula is C7H12Cl2N2O3. The Labute approximate surface area is 92.1 Å². The van der Waals surface area contributed by atoms with E-state index in [1.807, 2.05) is 0 Å². The van der Waals surface area contributed by atoms with Crippen LogP contribution in [0.2, 0.25) is 0 Å². The molecular weight excluding hydrogens is 231 g/mol. The lowest BCUT2D eigenvalue weighted by molar-refractivity contribution is -0.125. The van der Waals surface area contributed by atoms with Gasteiger partial charge in [-0.2, -0.15) is 0 Å². The predicted molar refractivity (Wildman–Crippen MR) is 53.4 cm³/mol. The van der Waals surface area contributed by atoms with Gasteiger partial charge in [-0.3, -0.25) is 9.59 Å². The molecule has 0 rings (SSSR count). The summed E-state index contributed by atoms with van der Waals surface area (Å²) >= 11 is 10.5. The zero-order chi connectivity index (χ0) is 11.0.